The smallest absolute Gasteiger partial charge is 0.433 e. The largest absolute Gasteiger partial charge is 0.436 e. The van der Waals surface area contributed by atoms with Crippen LogP contribution in [0.1, 0.15) is 5.76 Å². The van der Waals surface area contributed by atoms with E-state index in [1.165, 1.54) is 18.3 Å². The van der Waals surface area contributed by atoms with Crippen molar-refractivity contribution >= 4 is 40.5 Å². The van der Waals surface area contributed by atoms with E-state index in [-0.39, 0.29) is 11.6 Å². The van der Waals surface area contributed by atoms with Crippen LogP contribution in [-0.2, 0) is 0 Å². The van der Waals surface area contributed by atoms with Gasteiger partial charge in [-0.1, -0.05) is 23.7 Å². The zero-order chi connectivity index (χ0) is 18.1. The molecule has 0 aliphatic carbocycles. The van der Waals surface area contributed by atoms with Crippen molar-refractivity contribution in [2.24, 2.45) is 4.99 Å². The molecule has 0 spiro atoms. The Morgan fingerprint density at radius 1 is 1.12 bits per heavy atom. The second-order valence-electron chi connectivity index (χ2n) is 5.34. The number of hydrogen-bond donors (Lipinski definition) is 0. The Kier molecular flexibility index (Phi) is 3.98. The van der Waals surface area contributed by atoms with Gasteiger partial charge in [0.05, 0.1) is 28.6 Å². The minimum atomic E-state index is -0.602. The number of halogens is 1. The number of benzene rings is 2. The van der Waals surface area contributed by atoms with E-state index in [1.54, 1.807) is 24.3 Å². The monoisotopic (exact) mass is 367 g/mol. The number of rotatable bonds is 4. The van der Waals surface area contributed by atoms with Crippen LogP contribution >= 0.6 is 11.6 Å². The fraction of sp³-hybridized carbons (Fsp3) is 0. The average Bonchev–Trinajstić information content (AvgIpc) is 3.27. The molecule has 4 aromatic rings. The molecule has 0 atom stereocenters. The number of oxazole rings is 1. The Morgan fingerprint density at radius 3 is 2.73 bits per heavy atom. The zero-order valence-corrected chi connectivity index (χ0v) is 13.9. The highest BCUT2D eigenvalue weighted by Gasteiger charge is 2.12. The lowest BCUT2D eigenvalue weighted by molar-refractivity contribution is -0.402. The topological polar surface area (TPSA) is 94.7 Å². The van der Waals surface area contributed by atoms with Gasteiger partial charge in [0.1, 0.15) is 10.4 Å². The lowest BCUT2D eigenvalue weighted by Gasteiger charge is -1.96. The fourth-order valence-electron chi connectivity index (χ4n) is 2.39. The second-order valence-corrected chi connectivity index (χ2v) is 5.75. The lowest BCUT2D eigenvalue weighted by atomic mass is 10.2. The van der Waals surface area contributed by atoms with Crippen molar-refractivity contribution in [2.45, 2.75) is 0 Å². The number of nitro groups is 1. The second kappa shape index (κ2) is 6.45. The molecule has 0 aliphatic rings. The summed E-state index contributed by atoms with van der Waals surface area (Å²) < 4.78 is 10.8. The van der Waals surface area contributed by atoms with E-state index < -0.39 is 4.92 Å². The summed E-state index contributed by atoms with van der Waals surface area (Å²) in [4.78, 5) is 18.7. The molecular formula is C18H10ClN3O4. The molecule has 8 heteroatoms. The first-order chi connectivity index (χ1) is 12.6. The molecule has 0 aliphatic heterocycles. The Hall–Kier alpha value is -3.45. The Labute approximate surface area is 151 Å². The Bertz CT molecular complexity index is 1150. The summed E-state index contributed by atoms with van der Waals surface area (Å²) in [5.41, 5.74) is 2.54. The molecule has 0 fully saturated rings. The van der Waals surface area contributed by atoms with Crippen molar-refractivity contribution in [3.05, 3.63) is 75.5 Å². The molecule has 0 unspecified atom stereocenters. The molecule has 7 nitrogen and oxygen atoms in total. The first-order valence-corrected chi connectivity index (χ1v) is 7.92. The van der Waals surface area contributed by atoms with Gasteiger partial charge in [-0.2, -0.15) is 0 Å². The molecule has 2 aromatic heterocycles. The minimum absolute atomic E-state index is 0.286. The molecule has 0 N–H and O–H groups in total. The van der Waals surface area contributed by atoms with Gasteiger partial charge in [0, 0.05) is 0 Å². The van der Waals surface area contributed by atoms with Crippen LogP contribution in [-0.4, -0.2) is 16.1 Å². The summed E-state index contributed by atoms with van der Waals surface area (Å²) in [6.45, 7) is 0. The van der Waals surface area contributed by atoms with Gasteiger partial charge in [-0.15, -0.1) is 0 Å². The van der Waals surface area contributed by atoms with Gasteiger partial charge in [0.2, 0.25) is 5.89 Å². The van der Waals surface area contributed by atoms with Crippen LogP contribution in [0.3, 0.4) is 0 Å². The van der Waals surface area contributed by atoms with Crippen LogP contribution in [0.15, 0.2) is 68.4 Å². The number of aromatic nitrogens is 1. The van der Waals surface area contributed by atoms with E-state index in [0.717, 1.165) is 0 Å². The van der Waals surface area contributed by atoms with Crippen LogP contribution in [0.25, 0.3) is 22.6 Å². The van der Waals surface area contributed by atoms with E-state index in [0.29, 0.717) is 33.3 Å². The maximum Gasteiger partial charge on any atom is 0.433 e. The highest BCUT2D eigenvalue weighted by molar-refractivity contribution is 6.33. The predicted octanol–water partition coefficient (Wildman–Crippen LogP) is 5.40. The molecule has 0 bridgehead atoms. The van der Waals surface area contributed by atoms with Crippen molar-refractivity contribution in [3.63, 3.8) is 0 Å². The molecule has 0 radical (unpaired) electrons. The van der Waals surface area contributed by atoms with Gasteiger partial charge in [0.15, 0.2) is 11.3 Å². The van der Waals surface area contributed by atoms with E-state index in [4.69, 9.17) is 20.4 Å². The Balaban J connectivity index is 1.64. The van der Waals surface area contributed by atoms with Crippen molar-refractivity contribution in [1.29, 1.82) is 0 Å². The van der Waals surface area contributed by atoms with Gasteiger partial charge in [0.25, 0.3) is 0 Å². The third-order valence-corrected chi connectivity index (χ3v) is 3.94. The molecule has 0 saturated carbocycles. The quantitative estimate of drug-likeness (QED) is 0.273. The average molecular weight is 368 g/mol. The van der Waals surface area contributed by atoms with Crippen LogP contribution in [0, 0.1) is 10.1 Å². The molecule has 2 heterocycles. The van der Waals surface area contributed by atoms with Gasteiger partial charge >= 0.3 is 5.88 Å². The first-order valence-electron chi connectivity index (χ1n) is 7.54. The maximum atomic E-state index is 10.6. The highest BCUT2D eigenvalue weighted by atomic mass is 35.5. The third kappa shape index (κ3) is 3.07. The van der Waals surface area contributed by atoms with Gasteiger partial charge in [-0.25, -0.2) is 4.98 Å². The normalized spacial score (nSPS) is 11.4. The molecule has 128 valence electrons. The number of hydrogen-bond acceptors (Lipinski definition) is 6. The fourth-order valence-corrected chi connectivity index (χ4v) is 2.61. The summed E-state index contributed by atoms with van der Waals surface area (Å²) in [5.74, 6) is 0.380. The van der Waals surface area contributed by atoms with E-state index >= 15 is 0 Å². The number of furan rings is 1. The van der Waals surface area contributed by atoms with Crippen molar-refractivity contribution in [3.8, 4) is 11.5 Å². The van der Waals surface area contributed by atoms with Crippen LogP contribution < -0.4 is 0 Å². The van der Waals surface area contributed by atoms with Gasteiger partial charge in [-0.05, 0) is 36.4 Å². The summed E-state index contributed by atoms with van der Waals surface area (Å²) in [6, 6.07) is 15.3. The van der Waals surface area contributed by atoms with Crippen molar-refractivity contribution < 1.29 is 13.8 Å². The minimum Gasteiger partial charge on any atom is -0.436 e. The van der Waals surface area contributed by atoms with E-state index in [1.807, 2.05) is 18.2 Å². The van der Waals surface area contributed by atoms with Crippen LogP contribution in [0.5, 0.6) is 0 Å². The first kappa shape index (κ1) is 16.0. The third-order valence-electron chi connectivity index (χ3n) is 3.61. The molecular weight excluding hydrogens is 358 g/mol. The van der Waals surface area contributed by atoms with E-state index in [2.05, 4.69) is 9.98 Å². The van der Waals surface area contributed by atoms with Crippen LogP contribution in [0.2, 0.25) is 5.02 Å². The van der Waals surface area contributed by atoms with Gasteiger partial charge in [-0.3, -0.25) is 15.1 Å². The summed E-state index contributed by atoms with van der Waals surface area (Å²) in [6.07, 6.45) is 1.41. The summed E-state index contributed by atoms with van der Waals surface area (Å²) in [5, 5.41) is 11.2. The SMILES string of the molecule is O=[N+]([O-])c1ccc(C=Nc2ccc3oc(-c4ccccc4Cl)nc3c2)o1. The standard InChI is InChI=1S/C18H10ClN3O4/c19-14-4-2-1-3-13(14)18-21-15-9-11(5-7-16(15)26-18)20-10-12-6-8-17(25-12)22(23)24/h1-10H. The van der Waals surface area contributed by atoms with Gasteiger partial charge < -0.3 is 8.83 Å². The number of nitrogens with zero attached hydrogens (tertiary/aromatic N) is 3. The molecule has 4 rings (SSSR count). The number of fused-ring (bicyclic) bond motifs is 1. The lowest BCUT2D eigenvalue weighted by Crippen LogP contribution is -1.83. The van der Waals surface area contributed by atoms with E-state index in [9.17, 15) is 10.1 Å². The highest BCUT2D eigenvalue weighted by Crippen LogP contribution is 2.31. The molecule has 0 amide bonds. The molecule has 0 saturated heterocycles. The summed E-state index contributed by atoms with van der Waals surface area (Å²) >= 11 is 6.18. The predicted molar refractivity (Wildman–Crippen MR) is 97.1 cm³/mol. The summed E-state index contributed by atoms with van der Waals surface area (Å²) in [7, 11) is 0. The van der Waals surface area contributed by atoms with Crippen LogP contribution in [0.4, 0.5) is 11.6 Å². The van der Waals surface area contributed by atoms with Crippen molar-refractivity contribution in [1.82, 2.24) is 4.98 Å². The molecule has 2 aromatic carbocycles. The zero-order valence-electron chi connectivity index (χ0n) is 13.1. The number of aliphatic imine (C=N–C) groups is 1. The van der Waals surface area contributed by atoms with Crippen molar-refractivity contribution in [2.75, 3.05) is 0 Å². The Morgan fingerprint density at radius 2 is 1.96 bits per heavy atom. The molecule has 26 heavy (non-hydrogen) atoms. The maximum absolute atomic E-state index is 10.6.